The third-order valence-corrected chi connectivity index (χ3v) is 7.77. The number of fused-ring (bicyclic) bond motifs is 1. The Morgan fingerprint density at radius 2 is 1.85 bits per heavy atom. The Balaban J connectivity index is 2.06. The summed E-state index contributed by atoms with van der Waals surface area (Å²) in [4.78, 5) is 65.6. The van der Waals surface area contributed by atoms with Gasteiger partial charge in [0.05, 0.1) is 7.11 Å². The van der Waals surface area contributed by atoms with Crippen molar-refractivity contribution in [3.8, 4) is 0 Å². The third kappa shape index (κ3) is 4.43. The van der Waals surface area contributed by atoms with Crippen LogP contribution in [0.5, 0.6) is 0 Å². The summed E-state index contributed by atoms with van der Waals surface area (Å²) >= 11 is 0. The monoisotopic (exact) mass is 460 g/mol. The van der Waals surface area contributed by atoms with E-state index in [9.17, 15) is 24.0 Å². The molecule has 0 N–H and O–H groups in total. The molecule has 3 unspecified atom stereocenters. The molecule has 0 radical (unpaired) electrons. The molecule has 33 heavy (non-hydrogen) atoms. The molecule has 0 bridgehead atoms. The number of methoxy groups -OCH3 is 1. The molecule has 0 aromatic carbocycles. The van der Waals surface area contributed by atoms with Crippen molar-refractivity contribution in [1.29, 1.82) is 0 Å². The Labute approximate surface area is 195 Å². The average Bonchev–Trinajstić information content (AvgIpc) is 3.05. The van der Waals surface area contributed by atoms with Crippen molar-refractivity contribution < 1.29 is 33.4 Å². The van der Waals surface area contributed by atoms with Crippen molar-refractivity contribution in [3.05, 3.63) is 12.2 Å². The van der Waals surface area contributed by atoms with Crippen LogP contribution < -0.4 is 0 Å². The number of hydrogen-bond donors (Lipinski definition) is 0. The van der Waals surface area contributed by atoms with E-state index in [1.807, 2.05) is 13.0 Å². The fourth-order valence-corrected chi connectivity index (χ4v) is 6.29. The second-order valence-electron chi connectivity index (χ2n) is 11.3. The minimum Gasteiger partial charge on any atom is -0.468 e. The highest BCUT2D eigenvalue weighted by Gasteiger charge is 2.68. The molecule has 2 saturated carbocycles. The Hall–Kier alpha value is -2.31. The summed E-state index contributed by atoms with van der Waals surface area (Å²) < 4.78 is 10.8. The molecule has 0 aromatic heterocycles. The molecular formula is C26H36O7. The third-order valence-electron chi connectivity index (χ3n) is 7.77. The van der Waals surface area contributed by atoms with E-state index in [0.29, 0.717) is 32.1 Å². The largest absolute Gasteiger partial charge is 0.468 e. The predicted molar refractivity (Wildman–Crippen MR) is 120 cm³/mol. The lowest BCUT2D eigenvalue weighted by Crippen LogP contribution is -2.64. The van der Waals surface area contributed by atoms with E-state index < -0.39 is 46.6 Å². The lowest BCUT2D eigenvalue weighted by molar-refractivity contribution is -0.190. The first-order valence-electron chi connectivity index (χ1n) is 11.9. The maximum Gasteiger partial charge on any atom is 0.319 e. The molecule has 0 aliphatic heterocycles. The highest BCUT2D eigenvalue weighted by molar-refractivity contribution is 6.11. The van der Waals surface area contributed by atoms with Crippen molar-refractivity contribution >= 4 is 29.3 Å². The molecule has 0 amide bonds. The van der Waals surface area contributed by atoms with Gasteiger partial charge in [-0.2, -0.15) is 0 Å². The van der Waals surface area contributed by atoms with Crippen molar-refractivity contribution in [2.45, 2.75) is 78.7 Å². The van der Waals surface area contributed by atoms with Crippen LogP contribution in [0.1, 0.15) is 73.1 Å². The van der Waals surface area contributed by atoms with Gasteiger partial charge in [0.25, 0.3) is 0 Å². The maximum absolute atomic E-state index is 13.6. The SMILES string of the molecule is COC(=O)[C@]12C(=O)CCC[C@H]1C(C(=O)OC(C)(C)C)C(=O)C(C)[C@@H]2CCC1(C)C=CC(=O)C1. The number of carbonyl (C=O) groups is 5. The van der Waals surface area contributed by atoms with Crippen LogP contribution in [0.3, 0.4) is 0 Å². The molecule has 0 saturated heterocycles. The molecule has 7 heteroatoms. The molecular weight excluding hydrogens is 424 g/mol. The molecule has 3 aliphatic carbocycles. The van der Waals surface area contributed by atoms with E-state index in [4.69, 9.17) is 9.47 Å². The summed E-state index contributed by atoms with van der Waals surface area (Å²) in [5.74, 6) is -5.11. The number of esters is 2. The quantitative estimate of drug-likeness (QED) is 0.456. The molecule has 3 aliphatic rings. The highest BCUT2D eigenvalue weighted by atomic mass is 16.6. The number of carbonyl (C=O) groups excluding carboxylic acids is 5. The molecule has 0 spiro atoms. The van der Waals surface area contributed by atoms with Gasteiger partial charge in [-0.3, -0.25) is 24.0 Å². The minimum atomic E-state index is -1.56. The van der Waals surface area contributed by atoms with Crippen molar-refractivity contribution in [1.82, 2.24) is 0 Å². The molecule has 182 valence electrons. The van der Waals surface area contributed by atoms with E-state index in [1.54, 1.807) is 33.8 Å². The summed E-state index contributed by atoms with van der Waals surface area (Å²) in [5.41, 5.74) is -2.75. The van der Waals surface area contributed by atoms with Crippen LogP contribution in [-0.4, -0.2) is 42.0 Å². The Bertz CT molecular complexity index is 885. The minimum absolute atomic E-state index is 0.0459. The molecule has 7 nitrogen and oxygen atoms in total. The molecule has 0 heterocycles. The van der Waals surface area contributed by atoms with Gasteiger partial charge in [0.2, 0.25) is 0 Å². The van der Waals surface area contributed by atoms with Crippen LogP contribution >= 0.6 is 0 Å². The lowest BCUT2D eigenvalue weighted by atomic mass is 9.47. The molecule has 2 fully saturated rings. The van der Waals surface area contributed by atoms with Gasteiger partial charge in [-0.1, -0.05) is 19.9 Å². The van der Waals surface area contributed by atoms with E-state index in [1.165, 1.54) is 7.11 Å². The van der Waals surface area contributed by atoms with Gasteiger partial charge in [0.15, 0.2) is 17.3 Å². The van der Waals surface area contributed by atoms with Gasteiger partial charge in [0.1, 0.15) is 16.9 Å². The van der Waals surface area contributed by atoms with Crippen LogP contribution in [0.15, 0.2) is 12.2 Å². The second-order valence-corrected chi connectivity index (χ2v) is 11.3. The number of rotatable bonds is 5. The molecule has 3 rings (SSSR count). The van der Waals surface area contributed by atoms with Crippen LogP contribution in [0, 0.1) is 34.5 Å². The maximum atomic E-state index is 13.6. The number of allylic oxidation sites excluding steroid dienone is 2. The van der Waals surface area contributed by atoms with Crippen LogP contribution in [0.2, 0.25) is 0 Å². The summed E-state index contributed by atoms with van der Waals surface area (Å²) in [6.07, 6.45) is 5.87. The standard InChI is InChI=1S/C26H36O7/c1-15-17(11-13-25(5)12-10-16(27)14-25)26(23(31)32-6)18(8-7-9-19(26)28)20(21(15)29)22(30)33-24(2,3)4/h10,12,15,17-18,20H,7-9,11,13-14H2,1-6H3/t15?,17-,18-,20?,25?,26-/m0/s1. The van der Waals surface area contributed by atoms with E-state index >= 15 is 0 Å². The second kappa shape index (κ2) is 8.80. The van der Waals surface area contributed by atoms with E-state index in [0.717, 1.165) is 0 Å². The summed E-state index contributed by atoms with van der Waals surface area (Å²) in [6, 6.07) is 0. The van der Waals surface area contributed by atoms with Gasteiger partial charge in [-0.05, 0) is 63.9 Å². The smallest absolute Gasteiger partial charge is 0.319 e. The molecule has 0 aromatic rings. The van der Waals surface area contributed by atoms with Crippen LogP contribution in [0.4, 0.5) is 0 Å². The van der Waals surface area contributed by atoms with Crippen LogP contribution in [-0.2, 0) is 33.4 Å². The fraction of sp³-hybridized carbons (Fsp3) is 0.731. The summed E-state index contributed by atoms with van der Waals surface area (Å²) in [6.45, 7) is 8.84. The van der Waals surface area contributed by atoms with Crippen molar-refractivity contribution in [2.24, 2.45) is 34.5 Å². The fourth-order valence-electron chi connectivity index (χ4n) is 6.29. The first-order chi connectivity index (χ1) is 15.3. The van der Waals surface area contributed by atoms with Crippen molar-refractivity contribution in [2.75, 3.05) is 7.11 Å². The normalized spacial score (nSPS) is 36.5. The summed E-state index contributed by atoms with van der Waals surface area (Å²) in [7, 11) is 1.25. The molecule has 6 atom stereocenters. The zero-order chi connectivity index (χ0) is 24.8. The van der Waals surface area contributed by atoms with Gasteiger partial charge >= 0.3 is 11.9 Å². The highest BCUT2D eigenvalue weighted by Crippen LogP contribution is 2.58. The first-order valence-corrected chi connectivity index (χ1v) is 11.9. The van der Waals surface area contributed by atoms with Gasteiger partial charge in [0, 0.05) is 24.7 Å². The summed E-state index contributed by atoms with van der Waals surface area (Å²) in [5, 5.41) is 0. The predicted octanol–water partition coefficient (Wildman–Crippen LogP) is 3.62. The van der Waals surface area contributed by atoms with Crippen molar-refractivity contribution in [3.63, 3.8) is 0 Å². The average molecular weight is 461 g/mol. The zero-order valence-electron chi connectivity index (χ0n) is 20.6. The number of Topliss-reactive ketones (excluding diaryl/α,β-unsaturated/α-hetero) is 2. The van der Waals surface area contributed by atoms with Gasteiger partial charge < -0.3 is 9.47 Å². The Morgan fingerprint density at radius 3 is 2.39 bits per heavy atom. The van der Waals surface area contributed by atoms with E-state index in [2.05, 4.69) is 0 Å². The Morgan fingerprint density at radius 1 is 1.18 bits per heavy atom. The number of hydrogen-bond acceptors (Lipinski definition) is 7. The van der Waals surface area contributed by atoms with Crippen LogP contribution in [0.25, 0.3) is 0 Å². The zero-order valence-corrected chi connectivity index (χ0v) is 20.6. The number of ether oxygens (including phenoxy) is 2. The number of ketones is 3. The lowest BCUT2D eigenvalue weighted by Gasteiger charge is -2.53. The van der Waals surface area contributed by atoms with Gasteiger partial charge in [-0.15, -0.1) is 0 Å². The Kier molecular flexibility index (Phi) is 6.75. The topological polar surface area (TPSA) is 104 Å². The first kappa shape index (κ1) is 25.3. The van der Waals surface area contributed by atoms with E-state index in [-0.39, 0.29) is 29.2 Å². The van der Waals surface area contributed by atoms with Gasteiger partial charge in [-0.25, -0.2) is 0 Å².